The van der Waals surface area contributed by atoms with Crippen LogP contribution in [-0.2, 0) is 0 Å². The third-order valence-electron chi connectivity index (χ3n) is 4.05. The molecule has 0 unspecified atom stereocenters. The summed E-state index contributed by atoms with van der Waals surface area (Å²) in [5.74, 6) is 0.699. The van der Waals surface area contributed by atoms with Crippen LogP contribution >= 0.6 is 22.7 Å². The zero-order valence-electron chi connectivity index (χ0n) is 15.7. The van der Waals surface area contributed by atoms with E-state index in [1.807, 2.05) is 23.7 Å². The fourth-order valence-corrected chi connectivity index (χ4v) is 4.36. The van der Waals surface area contributed by atoms with E-state index >= 15 is 0 Å². The SMILES string of the molecule is CC(=O)c1csc(-c2cnc(Nc3ccc4ncsc4c3)cc2NC(C)C)n1. The van der Waals surface area contributed by atoms with Crippen molar-refractivity contribution in [3.8, 4) is 10.6 Å². The molecule has 0 aliphatic heterocycles. The molecule has 3 aromatic heterocycles. The molecule has 0 aliphatic carbocycles. The normalized spacial score (nSPS) is 11.1. The number of carbonyl (C=O) groups excluding carboxylic acids is 1. The van der Waals surface area contributed by atoms with E-state index < -0.39 is 0 Å². The highest BCUT2D eigenvalue weighted by molar-refractivity contribution is 7.16. The van der Waals surface area contributed by atoms with E-state index in [1.165, 1.54) is 18.3 Å². The first-order valence-electron chi connectivity index (χ1n) is 8.83. The number of rotatable bonds is 6. The van der Waals surface area contributed by atoms with Gasteiger partial charge in [0.2, 0.25) is 0 Å². The number of nitrogens with one attached hydrogen (secondary N) is 2. The predicted octanol–water partition coefficient (Wildman–Crippen LogP) is 5.58. The van der Waals surface area contributed by atoms with Crippen LogP contribution in [0.2, 0.25) is 0 Å². The summed E-state index contributed by atoms with van der Waals surface area (Å²) in [6.45, 7) is 5.69. The molecule has 3 heterocycles. The molecular weight excluding hydrogens is 390 g/mol. The Morgan fingerprint density at radius 3 is 2.75 bits per heavy atom. The number of hydrogen-bond acceptors (Lipinski definition) is 8. The quantitative estimate of drug-likeness (QED) is 0.405. The van der Waals surface area contributed by atoms with Crippen LogP contribution in [0.25, 0.3) is 20.8 Å². The first kappa shape index (κ1) is 18.5. The van der Waals surface area contributed by atoms with Crippen LogP contribution in [0.5, 0.6) is 0 Å². The fraction of sp³-hybridized carbons (Fsp3) is 0.200. The third kappa shape index (κ3) is 3.88. The maximum absolute atomic E-state index is 11.6. The van der Waals surface area contributed by atoms with E-state index in [0.717, 1.165) is 38.0 Å². The minimum Gasteiger partial charge on any atom is -0.382 e. The lowest BCUT2D eigenvalue weighted by atomic mass is 10.2. The first-order valence-corrected chi connectivity index (χ1v) is 10.6. The van der Waals surface area contributed by atoms with Gasteiger partial charge in [0.1, 0.15) is 16.5 Å². The summed E-state index contributed by atoms with van der Waals surface area (Å²) in [6.07, 6.45) is 1.79. The van der Waals surface area contributed by atoms with E-state index in [0.29, 0.717) is 5.69 Å². The molecule has 1 aromatic carbocycles. The zero-order chi connectivity index (χ0) is 19.7. The Bertz CT molecular complexity index is 1150. The predicted molar refractivity (Wildman–Crippen MR) is 117 cm³/mol. The molecule has 0 spiro atoms. The summed E-state index contributed by atoms with van der Waals surface area (Å²) in [5.41, 5.74) is 6.09. The van der Waals surface area contributed by atoms with Crippen molar-refractivity contribution in [3.05, 3.63) is 47.0 Å². The number of anilines is 3. The molecule has 0 aliphatic rings. The Labute approximate surface area is 170 Å². The number of pyridine rings is 1. The zero-order valence-corrected chi connectivity index (χ0v) is 17.3. The van der Waals surface area contributed by atoms with Gasteiger partial charge in [-0.25, -0.2) is 15.0 Å². The average molecular weight is 410 g/mol. The van der Waals surface area contributed by atoms with Gasteiger partial charge in [0, 0.05) is 42.0 Å². The molecule has 6 nitrogen and oxygen atoms in total. The van der Waals surface area contributed by atoms with Crippen molar-refractivity contribution in [1.29, 1.82) is 0 Å². The van der Waals surface area contributed by atoms with Crippen molar-refractivity contribution in [1.82, 2.24) is 15.0 Å². The minimum absolute atomic E-state index is 0.0365. The van der Waals surface area contributed by atoms with Gasteiger partial charge < -0.3 is 10.6 Å². The molecule has 0 amide bonds. The fourth-order valence-electron chi connectivity index (χ4n) is 2.76. The molecule has 2 N–H and O–H groups in total. The Balaban J connectivity index is 1.67. The van der Waals surface area contributed by atoms with Gasteiger partial charge in [-0.3, -0.25) is 4.79 Å². The van der Waals surface area contributed by atoms with Gasteiger partial charge in [0.25, 0.3) is 0 Å². The van der Waals surface area contributed by atoms with Gasteiger partial charge in [-0.1, -0.05) is 0 Å². The average Bonchev–Trinajstić information content (AvgIpc) is 3.30. The number of ketones is 1. The first-order chi connectivity index (χ1) is 13.5. The highest BCUT2D eigenvalue weighted by Crippen LogP contribution is 2.33. The number of fused-ring (bicyclic) bond motifs is 1. The number of Topliss-reactive ketones (excluding diaryl/α,β-unsaturated/α-hetero) is 1. The number of thiazole rings is 2. The van der Waals surface area contributed by atoms with Crippen LogP contribution in [0.15, 0.2) is 41.4 Å². The standard InChI is InChI=1S/C20H19N5OS2/c1-11(2)23-16-7-19(24-13-4-5-15-18(6-13)28-10-22-15)21-8-14(16)20-25-17(9-27-20)12(3)26/h4-11H,1-3H3,(H2,21,23,24). The topological polar surface area (TPSA) is 79.8 Å². The number of hydrogen-bond donors (Lipinski definition) is 2. The molecule has 4 aromatic rings. The summed E-state index contributed by atoms with van der Waals surface area (Å²) >= 11 is 3.06. The Hall–Kier alpha value is -2.84. The van der Waals surface area contributed by atoms with Crippen molar-refractivity contribution >= 4 is 55.9 Å². The van der Waals surface area contributed by atoms with E-state index in [-0.39, 0.29) is 11.8 Å². The molecular formula is C20H19N5OS2. The molecule has 8 heteroatoms. The second-order valence-corrected chi connectivity index (χ2v) is 8.41. The van der Waals surface area contributed by atoms with Crippen LogP contribution in [0.3, 0.4) is 0 Å². The molecule has 0 saturated heterocycles. The number of nitrogens with zero attached hydrogens (tertiary/aromatic N) is 3. The monoisotopic (exact) mass is 409 g/mol. The maximum atomic E-state index is 11.6. The van der Waals surface area contributed by atoms with Gasteiger partial charge in [0.05, 0.1) is 21.3 Å². The van der Waals surface area contributed by atoms with Crippen molar-refractivity contribution in [2.45, 2.75) is 26.8 Å². The lowest BCUT2D eigenvalue weighted by molar-refractivity contribution is 0.101. The Morgan fingerprint density at radius 1 is 1.14 bits per heavy atom. The second kappa shape index (κ2) is 7.65. The molecule has 0 radical (unpaired) electrons. The summed E-state index contributed by atoms with van der Waals surface area (Å²) < 4.78 is 1.13. The van der Waals surface area contributed by atoms with Gasteiger partial charge >= 0.3 is 0 Å². The molecule has 0 bridgehead atoms. The third-order valence-corrected chi connectivity index (χ3v) is 5.71. The van der Waals surface area contributed by atoms with Crippen LogP contribution in [0.4, 0.5) is 17.2 Å². The summed E-state index contributed by atoms with van der Waals surface area (Å²) in [5, 5.41) is 9.38. The number of carbonyl (C=O) groups is 1. The van der Waals surface area contributed by atoms with E-state index in [9.17, 15) is 4.79 Å². The molecule has 4 rings (SSSR count). The Morgan fingerprint density at radius 2 is 2.00 bits per heavy atom. The largest absolute Gasteiger partial charge is 0.382 e. The van der Waals surface area contributed by atoms with Crippen LogP contribution in [-0.4, -0.2) is 26.8 Å². The van der Waals surface area contributed by atoms with Gasteiger partial charge in [0.15, 0.2) is 5.78 Å². The van der Waals surface area contributed by atoms with E-state index in [2.05, 4.69) is 45.5 Å². The summed E-state index contributed by atoms with van der Waals surface area (Å²) in [6, 6.07) is 8.27. The lowest BCUT2D eigenvalue weighted by Crippen LogP contribution is -2.11. The van der Waals surface area contributed by atoms with Crippen LogP contribution in [0.1, 0.15) is 31.3 Å². The van der Waals surface area contributed by atoms with Crippen molar-refractivity contribution in [2.24, 2.45) is 0 Å². The van der Waals surface area contributed by atoms with Crippen molar-refractivity contribution < 1.29 is 4.79 Å². The molecule has 0 fully saturated rings. The van der Waals surface area contributed by atoms with Crippen molar-refractivity contribution in [3.63, 3.8) is 0 Å². The Kier molecular flexibility index (Phi) is 5.06. The summed E-state index contributed by atoms with van der Waals surface area (Å²) in [4.78, 5) is 24.9. The van der Waals surface area contributed by atoms with Crippen molar-refractivity contribution in [2.75, 3.05) is 10.6 Å². The summed E-state index contributed by atoms with van der Waals surface area (Å²) in [7, 11) is 0. The van der Waals surface area contributed by atoms with Gasteiger partial charge in [-0.2, -0.15) is 0 Å². The molecule has 142 valence electrons. The maximum Gasteiger partial charge on any atom is 0.178 e. The molecule has 0 saturated carbocycles. The lowest BCUT2D eigenvalue weighted by Gasteiger charge is -2.15. The molecule has 28 heavy (non-hydrogen) atoms. The molecule has 0 atom stereocenters. The highest BCUT2D eigenvalue weighted by Gasteiger charge is 2.14. The van der Waals surface area contributed by atoms with Gasteiger partial charge in [-0.05, 0) is 32.0 Å². The van der Waals surface area contributed by atoms with E-state index in [4.69, 9.17) is 0 Å². The highest BCUT2D eigenvalue weighted by atomic mass is 32.1. The minimum atomic E-state index is -0.0365. The van der Waals surface area contributed by atoms with Crippen LogP contribution < -0.4 is 10.6 Å². The smallest absolute Gasteiger partial charge is 0.178 e. The number of aromatic nitrogens is 3. The van der Waals surface area contributed by atoms with E-state index in [1.54, 1.807) is 22.9 Å². The number of benzene rings is 1. The second-order valence-electron chi connectivity index (χ2n) is 6.67. The van der Waals surface area contributed by atoms with Gasteiger partial charge in [-0.15, -0.1) is 22.7 Å². The van der Waals surface area contributed by atoms with Crippen LogP contribution in [0, 0.1) is 0 Å².